The maximum atomic E-state index is 13.9. The summed E-state index contributed by atoms with van der Waals surface area (Å²) in [6.45, 7) is 7.80. The lowest BCUT2D eigenvalue weighted by molar-refractivity contribution is 0.0477. The van der Waals surface area contributed by atoms with Gasteiger partial charge in [-0.25, -0.2) is 9.18 Å². The largest absolute Gasteiger partial charge is 0.444 e. The van der Waals surface area contributed by atoms with Crippen molar-refractivity contribution in [3.63, 3.8) is 0 Å². The van der Waals surface area contributed by atoms with Gasteiger partial charge in [0, 0.05) is 35.7 Å². The highest BCUT2D eigenvalue weighted by molar-refractivity contribution is 9.10. The van der Waals surface area contributed by atoms with E-state index in [1.165, 1.54) is 6.07 Å². The number of carbonyl (C=O) groups excluding carboxylic acids is 1. The highest BCUT2D eigenvalue weighted by Crippen LogP contribution is 2.19. The van der Waals surface area contributed by atoms with E-state index in [0.717, 1.165) is 30.4 Å². The summed E-state index contributed by atoms with van der Waals surface area (Å²) in [4.78, 5) is 14.0. The van der Waals surface area contributed by atoms with Crippen LogP contribution < -0.4 is 5.32 Å². The van der Waals surface area contributed by atoms with Crippen molar-refractivity contribution in [2.75, 3.05) is 13.1 Å². The van der Waals surface area contributed by atoms with E-state index in [-0.39, 0.29) is 18.0 Å². The molecule has 128 valence electrons. The molecule has 1 fully saturated rings. The van der Waals surface area contributed by atoms with Crippen molar-refractivity contribution in [1.82, 2.24) is 10.2 Å². The van der Waals surface area contributed by atoms with Crippen LogP contribution in [0.5, 0.6) is 0 Å². The normalized spacial score (nSPS) is 17.1. The molecule has 0 saturated carbocycles. The van der Waals surface area contributed by atoms with E-state index in [1.54, 1.807) is 0 Å². The first-order valence-electron chi connectivity index (χ1n) is 7.89. The fourth-order valence-corrected chi connectivity index (χ4v) is 2.93. The van der Waals surface area contributed by atoms with Gasteiger partial charge in [0.1, 0.15) is 11.4 Å². The van der Waals surface area contributed by atoms with Crippen LogP contribution in [0.4, 0.5) is 9.18 Å². The average molecular weight is 387 g/mol. The minimum absolute atomic E-state index is 0.121. The number of ether oxygens (including phenoxy) is 1. The van der Waals surface area contributed by atoms with Gasteiger partial charge in [-0.3, -0.25) is 4.90 Å². The Hall–Kier alpha value is -1.14. The molecule has 0 bridgehead atoms. The quantitative estimate of drug-likeness (QED) is 0.850. The number of amides is 1. The van der Waals surface area contributed by atoms with E-state index in [1.807, 2.05) is 32.9 Å². The van der Waals surface area contributed by atoms with E-state index in [0.29, 0.717) is 12.1 Å². The van der Waals surface area contributed by atoms with Crippen molar-refractivity contribution in [2.45, 2.75) is 51.8 Å². The summed E-state index contributed by atoms with van der Waals surface area (Å²) in [5.74, 6) is -0.187. The molecule has 4 nitrogen and oxygen atoms in total. The third kappa shape index (κ3) is 6.11. The lowest BCUT2D eigenvalue weighted by Crippen LogP contribution is -2.45. The van der Waals surface area contributed by atoms with Crippen molar-refractivity contribution >= 4 is 22.0 Å². The molecule has 1 amide bonds. The SMILES string of the molecule is CC(C)(C)OC(=O)NC1CCN(Cc2ccc(Br)cc2F)CC1. The Kier molecular flexibility index (Phi) is 6.03. The summed E-state index contributed by atoms with van der Waals surface area (Å²) in [6, 6.07) is 5.28. The lowest BCUT2D eigenvalue weighted by atomic mass is 10.0. The maximum Gasteiger partial charge on any atom is 0.407 e. The van der Waals surface area contributed by atoms with Gasteiger partial charge in [-0.05, 0) is 45.7 Å². The zero-order chi connectivity index (χ0) is 17.0. The molecule has 0 aliphatic carbocycles. The monoisotopic (exact) mass is 386 g/mol. The van der Waals surface area contributed by atoms with Crippen LogP contribution in [0, 0.1) is 5.82 Å². The molecule has 0 spiro atoms. The Labute approximate surface area is 145 Å². The molecule has 0 atom stereocenters. The second-order valence-corrected chi connectivity index (χ2v) is 7.85. The van der Waals surface area contributed by atoms with Gasteiger partial charge >= 0.3 is 6.09 Å². The zero-order valence-corrected chi connectivity index (χ0v) is 15.5. The number of halogens is 2. The number of benzene rings is 1. The number of carbonyl (C=O) groups is 1. The van der Waals surface area contributed by atoms with Gasteiger partial charge in [0.05, 0.1) is 0 Å². The van der Waals surface area contributed by atoms with E-state index in [9.17, 15) is 9.18 Å². The topological polar surface area (TPSA) is 41.6 Å². The third-order valence-electron chi connectivity index (χ3n) is 3.72. The molecule has 1 aliphatic rings. The number of likely N-dealkylation sites (tertiary alicyclic amines) is 1. The van der Waals surface area contributed by atoms with Crippen molar-refractivity contribution in [3.8, 4) is 0 Å². The van der Waals surface area contributed by atoms with Gasteiger partial charge in [0.25, 0.3) is 0 Å². The van der Waals surface area contributed by atoms with E-state index in [2.05, 4.69) is 26.1 Å². The number of hydrogen-bond acceptors (Lipinski definition) is 3. The Morgan fingerprint density at radius 1 is 1.39 bits per heavy atom. The van der Waals surface area contributed by atoms with Crippen LogP contribution in [0.15, 0.2) is 22.7 Å². The summed E-state index contributed by atoms with van der Waals surface area (Å²) in [7, 11) is 0. The minimum Gasteiger partial charge on any atom is -0.444 e. The first kappa shape index (κ1) is 18.2. The highest BCUT2D eigenvalue weighted by Gasteiger charge is 2.24. The minimum atomic E-state index is -0.482. The Morgan fingerprint density at radius 3 is 2.61 bits per heavy atom. The van der Waals surface area contributed by atoms with Gasteiger partial charge in [-0.15, -0.1) is 0 Å². The fraction of sp³-hybridized carbons (Fsp3) is 0.588. The number of rotatable bonds is 3. The average Bonchev–Trinajstić information content (AvgIpc) is 2.42. The molecule has 1 aliphatic heterocycles. The molecule has 1 aromatic carbocycles. The van der Waals surface area contributed by atoms with Crippen LogP contribution >= 0.6 is 15.9 Å². The molecule has 1 heterocycles. The summed E-state index contributed by atoms with van der Waals surface area (Å²) < 4.78 is 19.9. The molecule has 1 aromatic rings. The molecule has 1 saturated heterocycles. The van der Waals surface area contributed by atoms with Crippen molar-refractivity contribution in [2.24, 2.45) is 0 Å². The predicted molar refractivity (Wildman–Crippen MR) is 91.8 cm³/mol. The Bertz CT molecular complexity index is 552. The van der Waals surface area contributed by atoms with Gasteiger partial charge < -0.3 is 10.1 Å². The molecule has 0 radical (unpaired) electrons. The maximum absolute atomic E-state index is 13.9. The van der Waals surface area contributed by atoms with Gasteiger partial charge in [0.15, 0.2) is 0 Å². The summed E-state index contributed by atoms with van der Waals surface area (Å²) in [6.07, 6.45) is 1.32. The predicted octanol–water partition coefficient (Wildman–Crippen LogP) is 4.08. The van der Waals surface area contributed by atoms with Crippen molar-refractivity contribution < 1.29 is 13.9 Å². The van der Waals surface area contributed by atoms with Crippen LogP contribution in [0.1, 0.15) is 39.2 Å². The lowest BCUT2D eigenvalue weighted by Gasteiger charge is -2.32. The molecule has 2 rings (SSSR count). The molecular formula is C17H24BrFN2O2. The van der Waals surface area contributed by atoms with Crippen LogP contribution in [-0.4, -0.2) is 35.7 Å². The van der Waals surface area contributed by atoms with Crippen LogP contribution in [0.2, 0.25) is 0 Å². The van der Waals surface area contributed by atoms with E-state index < -0.39 is 5.60 Å². The first-order valence-corrected chi connectivity index (χ1v) is 8.68. The summed E-state index contributed by atoms with van der Waals surface area (Å²) in [5, 5.41) is 2.91. The number of nitrogens with zero attached hydrogens (tertiary/aromatic N) is 1. The number of alkyl carbamates (subject to hydrolysis) is 1. The van der Waals surface area contributed by atoms with Crippen molar-refractivity contribution in [1.29, 1.82) is 0 Å². The zero-order valence-electron chi connectivity index (χ0n) is 13.9. The third-order valence-corrected chi connectivity index (χ3v) is 4.21. The van der Waals surface area contributed by atoms with Gasteiger partial charge in [-0.2, -0.15) is 0 Å². The molecule has 1 N–H and O–H groups in total. The Morgan fingerprint density at radius 2 is 2.04 bits per heavy atom. The van der Waals surface area contributed by atoms with Gasteiger partial charge in [-0.1, -0.05) is 22.0 Å². The molecule has 23 heavy (non-hydrogen) atoms. The second-order valence-electron chi connectivity index (χ2n) is 6.93. The fourth-order valence-electron chi connectivity index (χ4n) is 2.60. The number of nitrogens with one attached hydrogen (secondary N) is 1. The second kappa shape index (κ2) is 7.62. The van der Waals surface area contributed by atoms with E-state index in [4.69, 9.17) is 4.74 Å². The smallest absolute Gasteiger partial charge is 0.407 e. The molecule has 6 heteroatoms. The molecule has 0 unspecified atom stereocenters. The van der Waals surface area contributed by atoms with Crippen LogP contribution in [-0.2, 0) is 11.3 Å². The molecule has 0 aromatic heterocycles. The van der Waals surface area contributed by atoms with Gasteiger partial charge in [0.2, 0.25) is 0 Å². The molecular weight excluding hydrogens is 363 g/mol. The standard InChI is InChI=1S/C17H24BrFN2O2/c1-17(2,3)23-16(22)20-14-6-8-21(9-7-14)11-12-4-5-13(18)10-15(12)19/h4-5,10,14H,6-9,11H2,1-3H3,(H,20,22). The number of piperidine rings is 1. The summed E-state index contributed by atoms with van der Waals surface area (Å²) >= 11 is 3.27. The van der Waals surface area contributed by atoms with E-state index >= 15 is 0 Å². The highest BCUT2D eigenvalue weighted by atomic mass is 79.9. The summed E-state index contributed by atoms with van der Waals surface area (Å²) in [5.41, 5.74) is 0.218. The Balaban J connectivity index is 1.79. The first-order chi connectivity index (χ1) is 10.7. The van der Waals surface area contributed by atoms with Crippen LogP contribution in [0.25, 0.3) is 0 Å². The number of hydrogen-bond donors (Lipinski definition) is 1. The van der Waals surface area contributed by atoms with Crippen LogP contribution in [0.3, 0.4) is 0 Å². The van der Waals surface area contributed by atoms with Crippen molar-refractivity contribution in [3.05, 3.63) is 34.1 Å².